The summed E-state index contributed by atoms with van der Waals surface area (Å²) in [6, 6.07) is 16.9. The molecule has 162 valence electrons. The summed E-state index contributed by atoms with van der Waals surface area (Å²) in [5.41, 5.74) is 4.07. The van der Waals surface area contributed by atoms with Gasteiger partial charge in [-0.1, -0.05) is 18.2 Å². The Morgan fingerprint density at radius 2 is 1.88 bits per heavy atom. The number of hydrogen-bond acceptors (Lipinski definition) is 2. The fraction of sp³-hybridized carbons (Fsp3) is 0.160. The van der Waals surface area contributed by atoms with Crippen LogP contribution in [0.2, 0.25) is 0 Å². The Morgan fingerprint density at radius 1 is 1.06 bits per heavy atom. The van der Waals surface area contributed by atoms with Crippen molar-refractivity contribution >= 4 is 22.6 Å². The number of fused-ring (bicyclic) bond motifs is 3. The van der Waals surface area contributed by atoms with Gasteiger partial charge in [-0.2, -0.15) is 0 Å². The molecule has 0 fully saturated rings. The van der Waals surface area contributed by atoms with Crippen molar-refractivity contribution in [2.24, 2.45) is 0 Å². The number of hydrogen-bond donors (Lipinski definition) is 2. The summed E-state index contributed by atoms with van der Waals surface area (Å²) in [5, 5.41) is 3.82. The minimum Gasteiger partial charge on any atom is -0.497 e. The van der Waals surface area contributed by atoms with Crippen LogP contribution in [0.15, 0.2) is 66.7 Å². The van der Waals surface area contributed by atoms with E-state index in [4.69, 9.17) is 4.74 Å². The maximum atomic E-state index is 13.6. The number of H-pyrrole nitrogens is 1. The molecular weight excluding hydrogens is 412 g/mol. The first-order valence-electron chi connectivity index (χ1n) is 10.3. The SMILES string of the molecule is COc1ccc2[nH]c3c(c2c1)CCN(C(=O)Nc1cccc(F)c1)[C@H]3c1ccc(F)cc1. The first-order chi connectivity index (χ1) is 15.5. The number of amides is 2. The largest absolute Gasteiger partial charge is 0.497 e. The highest BCUT2D eigenvalue weighted by Gasteiger charge is 2.34. The molecule has 1 aliphatic heterocycles. The van der Waals surface area contributed by atoms with Gasteiger partial charge in [0, 0.05) is 28.8 Å². The summed E-state index contributed by atoms with van der Waals surface area (Å²) >= 11 is 0. The van der Waals surface area contributed by atoms with Crippen molar-refractivity contribution in [2.75, 3.05) is 19.0 Å². The quantitative estimate of drug-likeness (QED) is 0.440. The fourth-order valence-corrected chi connectivity index (χ4v) is 4.37. The van der Waals surface area contributed by atoms with Crippen LogP contribution in [0, 0.1) is 11.6 Å². The molecule has 5 nitrogen and oxygen atoms in total. The Hall–Kier alpha value is -3.87. The highest BCUT2D eigenvalue weighted by atomic mass is 19.1. The lowest BCUT2D eigenvalue weighted by Gasteiger charge is -2.36. The van der Waals surface area contributed by atoms with Gasteiger partial charge in [0.1, 0.15) is 17.4 Å². The van der Waals surface area contributed by atoms with Gasteiger partial charge in [0.25, 0.3) is 0 Å². The Kier molecular flexibility index (Phi) is 5.01. The molecule has 5 rings (SSSR count). The van der Waals surface area contributed by atoms with E-state index in [9.17, 15) is 13.6 Å². The number of anilines is 1. The number of ether oxygens (including phenoxy) is 1. The van der Waals surface area contributed by atoms with E-state index in [0.717, 1.165) is 33.5 Å². The molecule has 0 saturated carbocycles. The van der Waals surface area contributed by atoms with Crippen LogP contribution in [0.4, 0.5) is 19.3 Å². The molecule has 0 unspecified atom stereocenters. The van der Waals surface area contributed by atoms with Crippen LogP contribution in [0.1, 0.15) is 22.9 Å². The lowest BCUT2D eigenvalue weighted by molar-refractivity contribution is 0.193. The van der Waals surface area contributed by atoms with Crippen molar-refractivity contribution in [2.45, 2.75) is 12.5 Å². The van der Waals surface area contributed by atoms with Crippen LogP contribution in [0.3, 0.4) is 0 Å². The third-order valence-electron chi connectivity index (χ3n) is 5.86. The highest BCUT2D eigenvalue weighted by Crippen LogP contribution is 2.39. The molecule has 4 aromatic rings. The predicted octanol–water partition coefficient (Wildman–Crippen LogP) is 5.63. The van der Waals surface area contributed by atoms with Crippen LogP contribution in [0.5, 0.6) is 5.75 Å². The van der Waals surface area contributed by atoms with Crippen molar-refractivity contribution in [3.63, 3.8) is 0 Å². The van der Waals surface area contributed by atoms with Crippen LogP contribution < -0.4 is 10.1 Å². The number of nitrogens with zero attached hydrogens (tertiary/aromatic N) is 1. The van der Waals surface area contributed by atoms with Gasteiger partial charge >= 0.3 is 6.03 Å². The summed E-state index contributed by atoms with van der Waals surface area (Å²) in [5.74, 6) is -0.0192. The van der Waals surface area contributed by atoms with Crippen molar-refractivity contribution in [3.8, 4) is 5.75 Å². The number of aromatic amines is 1. The van der Waals surface area contributed by atoms with Crippen LogP contribution >= 0.6 is 0 Å². The lowest BCUT2D eigenvalue weighted by Crippen LogP contribution is -2.43. The zero-order valence-corrected chi connectivity index (χ0v) is 17.4. The molecule has 1 aliphatic rings. The van der Waals surface area contributed by atoms with Gasteiger partial charge < -0.3 is 19.9 Å². The molecule has 1 atom stereocenters. The van der Waals surface area contributed by atoms with E-state index < -0.39 is 11.9 Å². The first kappa shape index (κ1) is 20.1. The van der Waals surface area contributed by atoms with Crippen molar-refractivity contribution in [1.29, 1.82) is 0 Å². The number of nitrogens with one attached hydrogen (secondary N) is 2. The van der Waals surface area contributed by atoms with Gasteiger partial charge in [-0.3, -0.25) is 0 Å². The second kappa shape index (κ2) is 8.00. The molecule has 0 spiro atoms. The summed E-state index contributed by atoms with van der Waals surface area (Å²) in [7, 11) is 1.63. The summed E-state index contributed by atoms with van der Waals surface area (Å²) in [4.78, 5) is 18.4. The van der Waals surface area contributed by atoms with E-state index in [1.807, 2.05) is 18.2 Å². The van der Waals surface area contributed by atoms with E-state index >= 15 is 0 Å². The van der Waals surface area contributed by atoms with Crippen LogP contribution in [-0.2, 0) is 6.42 Å². The number of carbonyl (C=O) groups excluding carboxylic acids is 1. The van der Waals surface area contributed by atoms with Gasteiger partial charge in [0.05, 0.1) is 13.2 Å². The van der Waals surface area contributed by atoms with Crippen LogP contribution in [-0.4, -0.2) is 29.6 Å². The molecule has 0 bridgehead atoms. The van der Waals surface area contributed by atoms with E-state index in [-0.39, 0.29) is 11.8 Å². The molecule has 32 heavy (non-hydrogen) atoms. The summed E-state index contributed by atoms with van der Waals surface area (Å²) in [6.45, 7) is 0.445. The number of urea groups is 1. The molecule has 0 radical (unpaired) electrons. The van der Waals surface area contributed by atoms with Gasteiger partial charge in [-0.15, -0.1) is 0 Å². The molecule has 2 heterocycles. The number of halogens is 2. The second-order valence-electron chi connectivity index (χ2n) is 7.77. The fourth-order valence-electron chi connectivity index (χ4n) is 4.37. The Balaban J connectivity index is 1.58. The van der Waals surface area contributed by atoms with Gasteiger partial charge in [-0.25, -0.2) is 13.6 Å². The molecule has 2 N–H and O–H groups in total. The molecule has 0 saturated heterocycles. The number of methoxy groups -OCH3 is 1. The molecule has 0 aliphatic carbocycles. The molecular formula is C25H21F2N3O2. The summed E-state index contributed by atoms with van der Waals surface area (Å²) in [6.07, 6.45) is 0.636. The number of rotatable bonds is 3. The maximum absolute atomic E-state index is 13.6. The van der Waals surface area contributed by atoms with Crippen LogP contribution in [0.25, 0.3) is 10.9 Å². The number of aromatic nitrogens is 1. The zero-order valence-electron chi connectivity index (χ0n) is 17.4. The predicted molar refractivity (Wildman–Crippen MR) is 119 cm³/mol. The van der Waals surface area contributed by atoms with E-state index in [1.54, 1.807) is 36.3 Å². The molecule has 7 heteroatoms. The Morgan fingerprint density at radius 3 is 2.62 bits per heavy atom. The lowest BCUT2D eigenvalue weighted by atomic mass is 9.92. The number of benzene rings is 3. The molecule has 1 aromatic heterocycles. The zero-order chi connectivity index (χ0) is 22.2. The van der Waals surface area contributed by atoms with Crippen molar-refractivity contribution in [1.82, 2.24) is 9.88 Å². The number of carbonyl (C=O) groups is 1. The summed E-state index contributed by atoms with van der Waals surface area (Å²) < 4.78 is 32.6. The third-order valence-corrected chi connectivity index (χ3v) is 5.86. The normalized spacial score (nSPS) is 15.5. The Labute approximate surface area is 183 Å². The smallest absolute Gasteiger partial charge is 0.322 e. The monoisotopic (exact) mass is 433 g/mol. The minimum absolute atomic E-state index is 0.345. The van der Waals surface area contributed by atoms with E-state index in [2.05, 4.69) is 10.3 Å². The first-order valence-corrected chi connectivity index (χ1v) is 10.3. The average Bonchev–Trinajstić information content (AvgIpc) is 3.17. The van der Waals surface area contributed by atoms with Crippen molar-refractivity contribution in [3.05, 3.63) is 95.2 Å². The highest BCUT2D eigenvalue weighted by molar-refractivity contribution is 5.92. The topological polar surface area (TPSA) is 57.4 Å². The van der Waals surface area contributed by atoms with Gasteiger partial charge in [-0.05, 0) is 66.1 Å². The van der Waals surface area contributed by atoms with E-state index in [0.29, 0.717) is 18.7 Å². The second-order valence-corrected chi connectivity index (χ2v) is 7.77. The standard InChI is InChI=1S/C25H21F2N3O2/c1-32-19-9-10-22-21(14-19)20-11-12-30(25(31)28-18-4-2-3-17(27)13-18)24(23(20)29-22)15-5-7-16(26)8-6-15/h2-10,13-14,24,29H,11-12H2,1H3,(H,28,31)/t24-/m0/s1. The maximum Gasteiger partial charge on any atom is 0.322 e. The molecule has 2 amide bonds. The average molecular weight is 433 g/mol. The van der Waals surface area contributed by atoms with Gasteiger partial charge in [0.15, 0.2) is 0 Å². The Bertz CT molecular complexity index is 1300. The van der Waals surface area contributed by atoms with Crippen molar-refractivity contribution < 1.29 is 18.3 Å². The van der Waals surface area contributed by atoms with E-state index in [1.165, 1.54) is 24.3 Å². The minimum atomic E-state index is -0.452. The van der Waals surface area contributed by atoms with Gasteiger partial charge in [0.2, 0.25) is 0 Å². The third kappa shape index (κ3) is 3.56. The molecule has 3 aromatic carbocycles.